The van der Waals surface area contributed by atoms with E-state index in [-0.39, 0.29) is 11.4 Å². The van der Waals surface area contributed by atoms with Gasteiger partial charge in [0.1, 0.15) is 0 Å². The number of nitrogens with one attached hydrogen (secondary N) is 1. The number of rotatable bonds is 6. The SMILES string of the molecule is CCS(=O)(=O)Nc1ccc(-c2cc(=O)n(-c3ccc([N+](=O)[O-])c(F)c3)nc2C)cc1. The average Bonchev–Trinajstić information content (AvgIpc) is 2.69. The van der Waals surface area contributed by atoms with Crippen molar-refractivity contribution in [1.82, 2.24) is 9.78 Å². The quantitative estimate of drug-likeness (QED) is 0.472. The lowest BCUT2D eigenvalue weighted by atomic mass is 10.1. The van der Waals surface area contributed by atoms with Crippen LogP contribution in [-0.2, 0) is 10.0 Å². The third-order valence-corrected chi connectivity index (χ3v) is 5.64. The predicted molar refractivity (Wildman–Crippen MR) is 110 cm³/mol. The van der Waals surface area contributed by atoms with E-state index in [1.807, 2.05) is 0 Å². The van der Waals surface area contributed by atoms with Crippen molar-refractivity contribution >= 4 is 21.4 Å². The Morgan fingerprint density at radius 3 is 2.40 bits per heavy atom. The molecule has 1 aromatic heterocycles. The normalized spacial score (nSPS) is 11.3. The Labute approximate surface area is 171 Å². The highest BCUT2D eigenvalue weighted by molar-refractivity contribution is 7.92. The largest absolute Gasteiger partial charge is 0.304 e. The predicted octanol–water partition coefficient (Wildman–Crippen LogP) is 3.02. The summed E-state index contributed by atoms with van der Waals surface area (Å²) in [4.78, 5) is 22.4. The summed E-state index contributed by atoms with van der Waals surface area (Å²) < 4.78 is 40.6. The molecular formula is C19H17FN4O5S. The van der Waals surface area contributed by atoms with E-state index >= 15 is 0 Å². The number of hydrogen-bond donors (Lipinski definition) is 1. The van der Waals surface area contributed by atoms with Crippen LogP contribution in [0.3, 0.4) is 0 Å². The zero-order chi connectivity index (χ0) is 22.1. The maximum atomic E-state index is 13.9. The van der Waals surface area contributed by atoms with Gasteiger partial charge in [-0.15, -0.1) is 0 Å². The first-order valence-corrected chi connectivity index (χ1v) is 10.4. The molecular weight excluding hydrogens is 415 g/mol. The van der Waals surface area contributed by atoms with Crippen molar-refractivity contribution in [2.45, 2.75) is 13.8 Å². The molecule has 156 valence electrons. The van der Waals surface area contributed by atoms with Crippen LogP contribution in [0.15, 0.2) is 53.3 Å². The topological polar surface area (TPSA) is 124 Å². The molecule has 30 heavy (non-hydrogen) atoms. The monoisotopic (exact) mass is 432 g/mol. The van der Waals surface area contributed by atoms with Gasteiger partial charge < -0.3 is 0 Å². The summed E-state index contributed by atoms with van der Waals surface area (Å²) in [6.45, 7) is 3.18. The number of nitro benzene ring substituents is 1. The van der Waals surface area contributed by atoms with E-state index in [1.54, 1.807) is 31.2 Å². The van der Waals surface area contributed by atoms with Crippen LogP contribution in [0, 0.1) is 22.9 Å². The summed E-state index contributed by atoms with van der Waals surface area (Å²) in [5.41, 5.74) is 0.805. The van der Waals surface area contributed by atoms with Gasteiger partial charge in [0.2, 0.25) is 15.8 Å². The minimum Gasteiger partial charge on any atom is -0.284 e. The fraction of sp³-hybridized carbons (Fsp3) is 0.158. The summed E-state index contributed by atoms with van der Waals surface area (Å²) in [5.74, 6) is -1.13. The number of anilines is 1. The van der Waals surface area contributed by atoms with Crippen LogP contribution in [0.1, 0.15) is 12.6 Å². The summed E-state index contributed by atoms with van der Waals surface area (Å²) in [7, 11) is -3.40. The van der Waals surface area contributed by atoms with Crippen molar-refractivity contribution in [1.29, 1.82) is 0 Å². The second kappa shape index (κ2) is 8.03. The summed E-state index contributed by atoms with van der Waals surface area (Å²) >= 11 is 0. The van der Waals surface area contributed by atoms with Crippen molar-refractivity contribution in [3.63, 3.8) is 0 Å². The third-order valence-electron chi connectivity index (χ3n) is 4.34. The first-order chi connectivity index (χ1) is 14.1. The highest BCUT2D eigenvalue weighted by atomic mass is 32.2. The Morgan fingerprint density at radius 2 is 1.83 bits per heavy atom. The van der Waals surface area contributed by atoms with E-state index in [9.17, 15) is 27.7 Å². The number of benzene rings is 2. The number of aromatic nitrogens is 2. The van der Waals surface area contributed by atoms with Gasteiger partial charge in [-0.1, -0.05) is 12.1 Å². The zero-order valence-electron chi connectivity index (χ0n) is 16.0. The molecule has 3 rings (SSSR count). The number of aryl methyl sites for hydroxylation is 1. The van der Waals surface area contributed by atoms with Crippen LogP contribution >= 0.6 is 0 Å². The Morgan fingerprint density at radius 1 is 1.17 bits per heavy atom. The Balaban J connectivity index is 1.96. The number of halogens is 1. The lowest BCUT2D eigenvalue weighted by molar-refractivity contribution is -0.387. The molecule has 9 nitrogen and oxygen atoms in total. The Kier molecular flexibility index (Phi) is 5.65. The van der Waals surface area contributed by atoms with Crippen LogP contribution < -0.4 is 10.3 Å². The Bertz CT molecular complexity index is 1290. The van der Waals surface area contributed by atoms with Gasteiger partial charge in [-0.25, -0.2) is 8.42 Å². The number of sulfonamides is 1. The molecule has 0 unspecified atom stereocenters. The van der Waals surface area contributed by atoms with Gasteiger partial charge in [-0.3, -0.25) is 19.6 Å². The van der Waals surface area contributed by atoms with E-state index in [1.165, 1.54) is 19.1 Å². The highest BCUT2D eigenvalue weighted by Crippen LogP contribution is 2.24. The fourth-order valence-corrected chi connectivity index (χ4v) is 3.40. The molecule has 0 radical (unpaired) electrons. The Hall–Kier alpha value is -3.60. The molecule has 0 fully saturated rings. The van der Waals surface area contributed by atoms with Gasteiger partial charge in [-0.2, -0.15) is 14.2 Å². The van der Waals surface area contributed by atoms with Gasteiger partial charge in [0.15, 0.2) is 0 Å². The molecule has 1 N–H and O–H groups in total. The van der Waals surface area contributed by atoms with Crippen molar-refractivity contribution in [2.24, 2.45) is 0 Å². The van der Waals surface area contributed by atoms with Crippen molar-refractivity contribution < 1.29 is 17.7 Å². The van der Waals surface area contributed by atoms with E-state index in [0.717, 1.165) is 16.8 Å². The summed E-state index contributed by atoms with van der Waals surface area (Å²) in [5, 5.41) is 14.9. The molecule has 0 aliphatic rings. The van der Waals surface area contributed by atoms with Gasteiger partial charge >= 0.3 is 5.69 Å². The second-order valence-corrected chi connectivity index (χ2v) is 8.38. The molecule has 0 saturated heterocycles. The first kappa shape index (κ1) is 21.1. The number of nitrogens with zero attached hydrogens (tertiary/aromatic N) is 3. The lowest BCUT2D eigenvalue weighted by Gasteiger charge is -2.11. The molecule has 0 aliphatic carbocycles. The third kappa shape index (κ3) is 4.35. The molecule has 3 aromatic rings. The summed E-state index contributed by atoms with van der Waals surface area (Å²) in [6.07, 6.45) is 0. The molecule has 0 spiro atoms. The van der Waals surface area contributed by atoms with E-state index in [2.05, 4.69) is 9.82 Å². The molecule has 0 saturated carbocycles. The van der Waals surface area contributed by atoms with E-state index in [0.29, 0.717) is 22.5 Å². The molecule has 11 heteroatoms. The lowest BCUT2D eigenvalue weighted by Crippen LogP contribution is -2.22. The molecule has 0 bridgehead atoms. The molecule has 2 aromatic carbocycles. The summed E-state index contributed by atoms with van der Waals surface area (Å²) in [6, 6.07) is 10.8. The van der Waals surface area contributed by atoms with E-state index < -0.39 is 32.0 Å². The van der Waals surface area contributed by atoms with Crippen LogP contribution in [0.2, 0.25) is 0 Å². The molecule has 0 atom stereocenters. The van der Waals surface area contributed by atoms with Crippen LogP contribution in [-0.4, -0.2) is 28.9 Å². The van der Waals surface area contributed by atoms with Crippen molar-refractivity contribution in [3.05, 3.63) is 80.5 Å². The van der Waals surface area contributed by atoms with Gasteiger partial charge in [0, 0.05) is 29.4 Å². The average molecular weight is 432 g/mol. The number of nitro groups is 1. The maximum absolute atomic E-state index is 13.9. The van der Waals surface area contributed by atoms with Gasteiger partial charge in [-0.05, 0) is 37.6 Å². The standard InChI is InChI=1S/C19H17FN4O5S/c1-3-30(28,29)22-14-6-4-13(5-7-14)16-11-19(25)23(21-12(16)2)15-8-9-18(24(26)27)17(20)10-15/h4-11,22H,3H2,1-2H3. The highest BCUT2D eigenvalue weighted by Gasteiger charge is 2.16. The van der Waals surface area contributed by atoms with Gasteiger partial charge in [0.25, 0.3) is 5.56 Å². The van der Waals surface area contributed by atoms with Crippen LogP contribution in [0.4, 0.5) is 15.8 Å². The minimum absolute atomic E-state index is 0.0563. The smallest absolute Gasteiger partial charge is 0.284 e. The second-order valence-electron chi connectivity index (χ2n) is 6.37. The van der Waals surface area contributed by atoms with E-state index in [4.69, 9.17) is 0 Å². The fourth-order valence-electron chi connectivity index (χ4n) is 2.76. The molecule has 0 amide bonds. The number of hydrogen-bond acceptors (Lipinski definition) is 6. The first-order valence-electron chi connectivity index (χ1n) is 8.77. The van der Waals surface area contributed by atoms with Crippen LogP contribution in [0.25, 0.3) is 16.8 Å². The molecule has 0 aliphatic heterocycles. The molecule has 1 heterocycles. The maximum Gasteiger partial charge on any atom is 0.304 e. The zero-order valence-corrected chi connectivity index (χ0v) is 16.8. The van der Waals surface area contributed by atoms with Crippen molar-refractivity contribution in [3.8, 4) is 16.8 Å². The van der Waals surface area contributed by atoms with Gasteiger partial charge in [0.05, 0.1) is 22.1 Å². The van der Waals surface area contributed by atoms with Crippen molar-refractivity contribution in [2.75, 3.05) is 10.5 Å². The van der Waals surface area contributed by atoms with Crippen LogP contribution in [0.5, 0.6) is 0 Å². The minimum atomic E-state index is -3.40.